The number of nitrogens with zero attached hydrogens (tertiary/aromatic N) is 1. The fourth-order valence-corrected chi connectivity index (χ4v) is 3.82. The molecule has 2 N–H and O–H groups in total. The first-order chi connectivity index (χ1) is 18.2. The lowest BCUT2D eigenvalue weighted by molar-refractivity contribution is -0.137. The van der Waals surface area contributed by atoms with E-state index in [0.717, 1.165) is 23.2 Å². The number of carbonyl (C=O) groups excluding carboxylic acids is 1. The molecule has 39 heavy (non-hydrogen) atoms. The molecule has 0 saturated carbocycles. The van der Waals surface area contributed by atoms with Gasteiger partial charge in [0.25, 0.3) is 5.91 Å². The molecule has 1 fully saturated rings. The van der Waals surface area contributed by atoms with Crippen LogP contribution in [0.25, 0.3) is 0 Å². The second-order valence-corrected chi connectivity index (χ2v) is 10.2. The predicted octanol–water partition coefficient (Wildman–Crippen LogP) is 5.22. The SMILES string of the molecule is CC1(C)OB(c2ccc(CNc3ncc(C(F)(F)F)cc3C(=O)NCc3ccc(F)c(F)c3)cc2)OC1(C)C. The Kier molecular flexibility index (Phi) is 7.73. The molecule has 0 radical (unpaired) electrons. The summed E-state index contributed by atoms with van der Waals surface area (Å²) < 4.78 is 78.7. The predicted molar refractivity (Wildman–Crippen MR) is 136 cm³/mol. The number of anilines is 1. The van der Waals surface area contributed by atoms with E-state index in [4.69, 9.17) is 9.31 Å². The molecule has 0 aliphatic carbocycles. The highest BCUT2D eigenvalue weighted by molar-refractivity contribution is 6.62. The second-order valence-electron chi connectivity index (χ2n) is 10.2. The maximum absolute atomic E-state index is 13.5. The van der Waals surface area contributed by atoms with Gasteiger partial charge in [-0.3, -0.25) is 4.79 Å². The minimum atomic E-state index is -4.72. The highest BCUT2D eigenvalue weighted by Crippen LogP contribution is 2.36. The van der Waals surface area contributed by atoms with Crippen LogP contribution in [0.5, 0.6) is 0 Å². The molecule has 206 valence electrons. The molecule has 6 nitrogen and oxygen atoms in total. The van der Waals surface area contributed by atoms with Gasteiger partial charge >= 0.3 is 13.3 Å². The van der Waals surface area contributed by atoms with E-state index in [1.165, 1.54) is 6.07 Å². The maximum atomic E-state index is 13.5. The lowest BCUT2D eigenvalue weighted by Crippen LogP contribution is -2.41. The number of hydrogen-bond donors (Lipinski definition) is 2. The van der Waals surface area contributed by atoms with Crippen molar-refractivity contribution < 1.29 is 36.1 Å². The van der Waals surface area contributed by atoms with Gasteiger partial charge in [-0.05, 0) is 62.5 Å². The van der Waals surface area contributed by atoms with E-state index in [9.17, 15) is 26.7 Å². The van der Waals surface area contributed by atoms with E-state index < -0.39 is 47.6 Å². The molecule has 0 spiro atoms. The van der Waals surface area contributed by atoms with Crippen molar-refractivity contribution in [2.45, 2.75) is 58.2 Å². The van der Waals surface area contributed by atoms with Crippen LogP contribution in [-0.2, 0) is 28.6 Å². The van der Waals surface area contributed by atoms with E-state index >= 15 is 0 Å². The number of carbonyl (C=O) groups is 1. The molecular weight excluding hydrogens is 520 g/mol. The summed E-state index contributed by atoms with van der Waals surface area (Å²) in [6.45, 7) is 7.74. The summed E-state index contributed by atoms with van der Waals surface area (Å²) in [7, 11) is -0.543. The second kappa shape index (κ2) is 10.6. The molecule has 2 heterocycles. The highest BCUT2D eigenvalue weighted by Gasteiger charge is 2.51. The number of benzene rings is 2. The summed E-state index contributed by atoms with van der Waals surface area (Å²) >= 11 is 0. The maximum Gasteiger partial charge on any atom is 0.494 e. The normalized spacial score (nSPS) is 16.3. The summed E-state index contributed by atoms with van der Waals surface area (Å²) in [6.07, 6.45) is -4.08. The monoisotopic (exact) mass is 547 g/mol. The van der Waals surface area contributed by atoms with Crippen molar-refractivity contribution in [2.24, 2.45) is 0 Å². The number of aromatic nitrogens is 1. The zero-order valence-electron chi connectivity index (χ0n) is 21.7. The van der Waals surface area contributed by atoms with Gasteiger partial charge in [-0.25, -0.2) is 13.8 Å². The Balaban J connectivity index is 1.48. The summed E-state index contributed by atoms with van der Waals surface area (Å²) in [5, 5.41) is 5.34. The first-order valence-electron chi connectivity index (χ1n) is 12.1. The Morgan fingerprint density at radius 2 is 1.51 bits per heavy atom. The Labute approximate surface area is 223 Å². The van der Waals surface area contributed by atoms with E-state index in [2.05, 4.69) is 15.6 Å². The smallest absolute Gasteiger partial charge is 0.399 e. The van der Waals surface area contributed by atoms with Gasteiger partial charge < -0.3 is 19.9 Å². The summed E-state index contributed by atoms with van der Waals surface area (Å²) in [6, 6.07) is 11.0. The minimum Gasteiger partial charge on any atom is -0.399 e. The number of hydrogen-bond acceptors (Lipinski definition) is 5. The molecule has 4 rings (SSSR count). The molecular formula is C27H27BF5N3O3. The average molecular weight is 547 g/mol. The van der Waals surface area contributed by atoms with Gasteiger partial charge in [-0.2, -0.15) is 13.2 Å². The molecule has 1 saturated heterocycles. The van der Waals surface area contributed by atoms with Crippen molar-refractivity contribution in [3.63, 3.8) is 0 Å². The standard InChI is InChI=1S/C27H27BF5N3O3/c1-25(2)26(3,4)39-28(38-25)19-8-5-16(6-9-19)13-34-23-20(12-18(15-35-23)27(31,32)33)24(37)36-14-17-7-10-21(29)22(30)11-17/h5-12,15H,13-14H2,1-4H3,(H,34,35)(H,36,37). The molecule has 2 aromatic carbocycles. The summed E-state index contributed by atoms with van der Waals surface area (Å²) in [5.74, 6) is -3.09. The molecule has 3 aromatic rings. The van der Waals surface area contributed by atoms with E-state index in [1.807, 2.05) is 39.8 Å². The Morgan fingerprint density at radius 1 is 0.897 bits per heavy atom. The Hall–Kier alpha value is -3.51. The van der Waals surface area contributed by atoms with Crippen molar-refractivity contribution in [2.75, 3.05) is 5.32 Å². The molecule has 1 aliphatic rings. The van der Waals surface area contributed by atoms with Crippen molar-refractivity contribution in [1.29, 1.82) is 0 Å². The van der Waals surface area contributed by atoms with Crippen LogP contribution in [0.4, 0.5) is 27.8 Å². The number of amides is 1. The van der Waals surface area contributed by atoms with Gasteiger partial charge in [-0.15, -0.1) is 0 Å². The van der Waals surface area contributed by atoms with Gasteiger partial charge in [0.2, 0.25) is 0 Å². The fourth-order valence-electron chi connectivity index (χ4n) is 3.82. The van der Waals surface area contributed by atoms with E-state index in [1.54, 1.807) is 12.1 Å². The van der Waals surface area contributed by atoms with Crippen LogP contribution in [0.3, 0.4) is 0 Å². The van der Waals surface area contributed by atoms with Gasteiger partial charge in [0.15, 0.2) is 11.6 Å². The molecule has 1 aliphatic heterocycles. The molecule has 12 heteroatoms. The van der Waals surface area contributed by atoms with Crippen LogP contribution >= 0.6 is 0 Å². The minimum absolute atomic E-state index is 0.0687. The quantitative estimate of drug-likeness (QED) is 0.314. The van der Waals surface area contributed by atoms with Crippen molar-refractivity contribution in [1.82, 2.24) is 10.3 Å². The van der Waals surface area contributed by atoms with Gasteiger partial charge in [-0.1, -0.05) is 30.3 Å². The first-order valence-corrected chi connectivity index (χ1v) is 12.1. The van der Waals surface area contributed by atoms with Crippen molar-refractivity contribution in [3.8, 4) is 0 Å². The zero-order valence-corrected chi connectivity index (χ0v) is 21.7. The van der Waals surface area contributed by atoms with Gasteiger partial charge in [0.05, 0.1) is 22.3 Å². The lowest BCUT2D eigenvalue weighted by atomic mass is 9.79. The number of rotatable bonds is 7. The van der Waals surface area contributed by atoms with Gasteiger partial charge in [0.1, 0.15) is 5.82 Å². The number of nitrogens with one attached hydrogen (secondary N) is 2. The molecule has 0 unspecified atom stereocenters. The van der Waals surface area contributed by atoms with Crippen LogP contribution in [0.2, 0.25) is 0 Å². The molecule has 0 atom stereocenters. The molecule has 1 aromatic heterocycles. The number of pyridine rings is 1. The van der Waals surface area contributed by atoms with Crippen LogP contribution in [0.15, 0.2) is 54.7 Å². The molecule has 0 bridgehead atoms. The van der Waals surface area contributed by atoms with E-state index in [-0.39, 0.29) is 30.0 Å². The summed E-state index contributed by atoms with van der Waals surface area (Å²) in [4.78, 5) is 16.7. The topological polar surface area (TPSA) is 72.5 Å². The Bertz CT molecular complexity index is 1350. The zero-order chi connectivity index (χ0) is 28.6. The largest absolute Gasteiger partial charge is 0.494 e. The molecule has 1 amide bonds. The van der Waals surface area contributed by atoms with E-state index in [0.29, 0.717) is 12.3 Å². The summed E-state index contributed by atoms with van der Waals surface area (Å²) in [5.41, 5.74) is -0.618. The number of halogens is 5. The van der Waals surface area contributed by atoms with Crippen LogP contribution in [0, 0.1) is 11.6 Å². The number of alkyl halides is 3. The third-order valence-electron chi connectivity index (χ3n) is 6.86. The third-order valence-corrected chi connectivity index (χ3v) is 6.86. The Morgan fingerprint density at radius 3 is 2.10 bits per heavy atom. The van der Waals surface area contributed by atoms with Crippen LogP contribution in [-0.4, -0.2) is 29.2 Å². The average Bonchev–Trinajstić information content (AvgIpc) is 3.09. The highest BCUT2D eigenvalue weighted by atomic mass is 19.4. The van der Waals surface area contributed by atoms with Gasteiger partial charge in [0, 0.05) is 19.3 Å². The van der Waals surface area contributed by atoms with Crippen molar-refractivity contribution in [3.05, 3.63) is 88.6 Å². The third kappa shape index (κ3) is 6.39. The fraction of sp³-hybridized carbons (Fsp3) is 0.333. The van der Waals surface area contributed by atoms with Crippen LogP contribution in [0.1, 0.15) is 54.7 Å². The first kappa shape index (κ1) is 28.5. The van der Waals surface area contributed by atoms with Crippen molar-refractivity contribution >= 4 is 24.3 Å². The lowest BCUT2D eigenvalue weighted by Gasteiger charge is -2.32. The van der Waals surface area contributed by atoms with Crippen LogP contribution < -0.4 is 16.1 Å².